The molecular weight excluding hydrogens is 208 g/mol. The van der Waals surface area contributed by atoms with Crippen molar-refractivity contribution in [3.63, 3.8) is 0 Å². The van der Waals surface area contributed by atoms with Crippen LogP contribution in [0.25, 0.3) is 0 Å². The first-order chi connectivity index (χ1) is 8.28. The molecule has 1 aliphatic rings. The van der Waals surface area contributed by atoms with Gasteiger partial charge in [-0.3, -0.25) is 0 Å². The van der Waals surface area contributed by atoms with Crippen LogP contribution >= 0.6 is 0 Å². The number of hydrogen-bond acceptors (Lipinski definition) is 2. The Balaban J connectivity index is 1.89. The van der Waals surface area contributed by atoms with Gasteiger partial charge in [0.2, 0.25) is 0 Å². The average Bonchev–Trinajstić information content (AvgIpc) is 2.33. The molecule has 1 heterocycles. The Kier molecular flexibility index (Phi) is 4.21. The monoisotopic (exact) mass is 230 g/mol. The summed E-state index contributed by atoms with van der Waals surface area (Å²) in [5.41, 5.74) is 7.96. The van der Waals surface area contributed by atoms with Gasteiger partial charge in [0.1, 0.15) is 0 Å². The Morgan fingerprint density at radius 1 is 1.35 bits per heavy atom. The van der Waals surface area contributed by atoms with Crippen molar-refractivity contribution in [3.8, 4) is 0 Å². The zero-order valence-corrected chi connectivity index (χ0v) is 10.4. The summed E-state index contributed by atoms with van der Waals surface area (Å²) >= 11 is 0. The summed E-state index contributed by atoms with van der Waals surface area (Å²) in [6.07, 6.45) is 6.81. The fourth-order valence-corrected chi connectivity index (χ4v) is 2.65. The van der Waals surface area contributed by atoms with Crippen LogP contribution in [0.15, 0.2) is 36.9 Å². The molecule has 2 nitrogen and oxygen atoms in total. The van der Waals surface area contributed by atoms with Gasteiger partial charge in [0, 0.05) is 11.7 Å². The molecule has 1 aromatic carbocycles. The molecular formula is C15H22N2. The highest BCUT2D eigenvalue weighted by Crippen LogP contribution is 2.23. The van der Waals surface area contributed by atoms with Crippen molar-refractivity contribution >= 4 is 5.69 Å². The van der Waals surface area contributed by atoms with Gasteiger partial charge in [-0.25, -0.2) is 0 Å². The largest absolute Gasteiger partial charge is 0.399 e. The number of rotatable bonds is 4. The van der Waals surface area contributed by atoms with Crippen LogP contribution in [0.4, 0.5) is 5.69 Å². The molecule has 17 heavy (non-hydrogen) atoms. The van der Waals surface area contributed by atoms with Crippen LogP contribution in [-0.4, -0.2) is 12.6 Å². The van der Waals surface area contributed by atoms with E-state index in [1.807, 2.05) is 18.2 Å². The van der Waals surface area contributed by atoms with Crippen molar-refractivity contribution in [2.75, 3.05) is 12.3 Å². The lowest BCUT2D eigenvalue weighted by Crippen LogP contribution is -2.38. The third-order valence-electron chi connectivity index (χ3n) is 3.56. The molecule has 0 bridgehead atoms. The van der Waals surface area contributed by atoms with E-state index in [2.05, 4.69) is 24.0 Å². The van der Waals surface area contributed by atoms with Crippen molar-refractivity contribution in [1.82, 2.24) is 5.32 Å². The Hall–Kier alpha value is -1.28. The number of piperidine rings is 1. The third-order valence-corrected chi connectivity index (χ3v) is 3.56. The lowest BCUT2D eigenvalue weighted by Gasteiger charge is -2.30. The predicted octanol–water partition coefficient (Wildman–Crippen LogP) is 2.76. The molecule has 0 aliphatic carbocycles. The van der Waals surface area contributed by atoms with Gasteiger partial charge in [-0.05, 0) is 55.8 Å². The van der Waals surface area contributed by atoms with Crippen molar-refractivity contribution in [2.45, 2.75) is 31.7 Å². The Morgan fingerprint density at radius 3 is 2.82 bits per heavy atom. The lowest BCUT2D eigenvalue weighted by molar-refractivity contribution is 0.301. The predicted molar refractivity (Wildman–Crippen MR) is 73.9 cm³/mol. The summed E-state index contributed by atoms with van der Waals surface area (Å²) in [7, 11) is 0. The van der Waals surface area contributed by atoms with Gasteiger partial charge in [-0.1, -0.05) is 18.2 Å². The maximum absolute atomic E-state index is 5.70. The van der Waals surface area contributed by atoms with Crippen molar-refractivity contribution in [3.05, 3.63) is 42.5 Å². The van der Waals surface area contributed by atoms with Crippen LogP contribution in [0.5, 0.6) is 0 Å². The van der Waals surface area contributed by atoms with Gasteiger partial charge < -0.3 is 11.1 Å². The number of benzene rings is 1. The Bertz CT molecular complexity index is 356. The lowest BCUT2D eigenvalue weighted by atomic mass is 9.86. The molecule has 1 fully saturated rings. The molecule has 2 rings (SSSR count). The van der Waals surface area contributed by atoms with Crippen LogP contribution in [0.2, 0.25) is 0 Å². The summed E-state index contributed by atoms with van der Waals surface area (Å²) in [5, 5.41) is 3.55. The molecule has 1 aliphatic heterocycles. The molecule has 1 saturated heterocycles. The van der Waals surface area contributed by atoms with E-state index in [1.165, 1.54) is 24.8 Å². The number of anilines is 1. The van der Waals surface area contributed by atoms with Gasteiger partial charge in [0.25, 0.3) is 0 Å². The summed E-state index contributed by atoms with van der Waals surface area (Å²) in [6, 6.07) is 8.93. The van der Waals surface area contributed by atoms with Gasteiger partial charge >= 0.3 is 0 Å². The smallest absolute Gasteiger partial charge is 0.0314 e. The van der Waals surface area contributed by atoms with E-state index < -0.39 is 0 Å². The summed E-state index contributed by atoms with van der Waals surface area (Å²) in [5.74, 6) is 0.796. The summed E-state index contributed by atoms with van der Waals surface area (Å²) in [6.45, 7) is 4.96. The third kappa shape index (κ3) is 3.60. The van der Waals surface area contributed by atoms with Crippen LogP contribution < -0.4 is 11.1 Å². The average molecular weight is 230 g/mol. The molecule has 0 amide bonds. The van der Waals surface area contributed by atoms with Crippen molar-refractivity contribution < 1.29 is 0 Å². The van der Waals surface area contributed by atoms with E-state index in [9.17, 15) is 0 Å². The fraction of sp³-hybridized carbons (Fsp3) is 0.467. The van der Waals surface area contributed by atoms with E-state index in [4.69, 9.17) is 5.73 Å². The van der Waals surface area contributed by atoms with Crippen LogP contribution in [0.1, 0.15) is 24.8 Å². The summed E-state index contributed by atoms with van der Waals surface area (Å²) in [4.78, 5) is 0. The summed E-state index contributed by atoms with van der Waals surface area (Å²) < 4.78 is 0. The topological polar surface area (TPSA) is 38.0 Å². The molecule has 3 N–H and O–H groups in total. The maximum Gasteiger partial charge on any atom is 0.0314 e. The van der Waals surface area contributed by atoms with Gasteiger partial charge in [0.05, 0.1) is 0 Å². The van der Waals surface area contributed by atoms with Crippen LogP contribution in [0, 0.1) is 5.92 Å². The first-order valence-electron chi connectivity index (χ1n) is 6.46. The second kappa shape index (κ2) is 5.87. The first-order valence-corrected chi connectivity index (χ1v) is 6.46. The van der Waals surface area contributed by atoms with Crippen molar-refractivity contribution in [1.29, 1.82) is 0 Å². The highest BCUT2D eigenvalue weighted by atomic mass is 14.9. The van der Waals surface area contributed by atoms with Crippen LogP contribution in [0.3, 0.4) is 0 Å². The SMILES string of the molecule is C=CC[C@H]1C[C@H](Cc2ccc(N)cc2)CCN1. The van der Waals surface area contributed by atoms with E-state index in [0.29, 0.717) is 6.04 Å². The minimum absolute atomic E-state index is 0.625. The Labute approximate surface area is 104 Å². The van der Waals surface area contributed by atoms with E-state index >= 15 is 0 Å². The second-order valence-corrected chi connectivity index (χ2v) is 5.01. The quantitative estimate of drug-likeness (QED) is 0.616. The molecule has 0 spiro atoms. The van der Waals surface area contributed by atoms with Crippen molar-refractivity contribution in [2.24, 2.45) is 5.92 Å². The van der Waals surface area contributed by atoms with E-state index in [-0.39, 0.29) is 0 Å². The highest BCUT2D eigenvalue weighted by Gasteiger charge is 2.20. The van der Waals surface area contributed by atoms with Gasteiger partial charge in [-0.15, -0.1) is 6.58 Å². The zero-order valence-electron chi connectivity index (χ0n) is 10.4. The normalized spacial score (nSPS) is 24.5. The number of nitrogens with two attached hydrogens (primary N) is 1. The Morgan fingerprint density at radius 2 is 2.12 bits per heavy atom. The van der Waals surface area contributed by atoms with E-state index in [1.54, 1.807) is 0 Å². The minimum atomic E-state index is 0.625. The molecule has 1 aromatic rings. The minimum Gasteiger partial charge on any atom is -0.399 e. The highest BCUT2D eigenvalue weighted by molar-refractivity contribution is 5.39. The number of nitrogens with one attached hydrogen (secondary N) is 1. The molecule has 2 heteroatoms. The molecule has 0 radical (unpaired) electrons. The van der Waals surface area contributed by atoms with Crippen LogP contribution in [-0.2, 0) is 6.42 Å². The molecule has 92 valence electrons. The van der Waals surface area contributed by atoms with Gasteiger partial charge in [-0.2, -0.15) is 0 Å². The standard InChI is InChI=1S/C15H22N2/c1-2-3-15-11-13(8-9-17-15)10-12-4-6-14(16)7-5-12/h2,4-7,13,15,17H,1,3,8-11,16H2/t13-,15-/m0/s1. The molecule has 0 saturated carbocycles. The molecule has 0 unspecified atom stereocenters. The fourth-order valence-electron chi connectivity index (χ4n) is 2.65. The molecule has 2 atom stereocenters. The van der Waals surface area contributed by atoms with Gasteiger partial charge in [0.15, 0.2) is 0 Å². The number of nitrogen functional groups attached to an aromatic ring is 1. The number of hydrogen-bond donors (Lipinski definition) is 2. The molecule has 0 aromatic heterocycles. The zero-order chi connectivity index (χ0) is 12.1. The second-order valence-electron chi connectivity index (χ2n) is 5.01. The van der Waals surface area contributed by atoms with E-state index in [0.717, 1.165) is 24.6 Å². The maximum atomic E-state index is 5.70. The first kappa shape index (κ1) is 12.2.